The quantitative estimate of drug-likeness (QED) is 0.741. The van der Waals surface area contributed by atoms with Crippen LogP contribution in [0.2, 0.25) is 0 Å². The van der Waals surface area contributed by atoms with Crippen LogP contribution in [-0.2, 0) is 4.79 Å². The molecule has 0 atom stereocenters. The fraction of sp³-hybridized carbons (Fsp3) is 0.400. The number of hydrogen-bond acceptors (Lipinski definition) is 4. The van der Waals surface area contributed by atoms with Gasteiger partial charge in [-0.25, -0.2) is 13.8 Å². The standard InChI is InChI=1S/C10H12F2N4O/c11-6-4-7(12)10(15-9(6)13)16-3-1-2-14-8(17)5-16/h4H,1-3,5H2,(H2,13,15)(H,14,17). The van der Waals surface area contributed by atoms with Crippen molar-refractivity contribution >= 4 is 17.5 Å². The van der Waals surface area contributed by atoms with Crippen molar-refractivity contribution in [3.8, 4) is 0 Å². The van der Waals surface area contributed by atoms with E-state index in [4.69, 9.17) is 5.73 Å². The van der Waals surface area contributed by atoms with Gasteiger partial charge in [0, 0.05) is 19.2 Å². The molecular weight excluding hydrogens is 230 g/mol. The zero-order valence-electron chi connectivity index (χ0n) is 9.04. The van der Waals surface area contributed by atoms with E-state index in [0.717, 1.165) is 0 Å². The molecule has 0 bridgehead atoms. The maximum Gasteiger partial charge on any atom is 0.239 e. The Morgan fingerprint density at radius 1 is 1.41 bits per heavy atom. The lowest BCUT2D eigenvalue weighted by molar-refractivity contribution is -0.119. The molecule has 0 unspecified atom stereocenters. The molecule has 0 aliphatic carbocycles. The van der Waals surface area contributed by atoms with E-state index in [2.05, 4.69) is 10.3 Å². The van der Waals surface area contributed by atoms with Gasteiger partial charge >= 0.3 is 0 Å². The predicted molar refractivity (Wildman–Crippen MR) is 58.4 cm³/mol. The molecule has 2 rings (SSSR count). The number of nitrogen functional groups attached to an aromatic ring is 1. The van der Waals surface area contributed by atoms with Gasteiger partial charge in [0.15, 0.2) is 23.3 Å². The first-order valence-electron chi connectivity index (χ1n) is 5.21. The molecule has 0 spiro atoms. The normalized spacial score (nSPS) is 16.6. The number of halogens is 2. The summed E-state index contributed by atoms with van der Waals surface area (Å²) in [4.78, 5) is 16.4. The molecular formula is C10H12F2N4O. The van der Waals surface area contributed by atoms with Gasteiger partial charge < -0.3 is 16.0 Å². The van der Waals surface area contributed by atoms with Gasteiger partial charge in [0.25, 0.3) is 0 Å². The summed E-state index contributed by atoms with van der Waals surface area (Å²) < 4.78 is 26.5. The summed E-state index contributed by atoms with van der Waals surface area (Å²) in [6.45, 7) is 0.996. The number of hydrogen-bond donors (Lipinski definition) is 2. The first-order valence-corrected chi connectivity index (χ1v) is 5.21. The average molecular weight is 242 g/mol. The van der Waals surface area contributed by atoms with Crippen molar-refractivity contribution in [3.63, 3.8) is 0 Å². The molecule has 1 aromatic rings. The van der Waals surface area contributed by atoms with E-state index < -0.39 is 11.6 Å². The van der Waals surface area contributed by atoms with E-state index in [-0.39, 0.29) is 24.1 Å². The van der Waals surface area contributed by atoms with Crippen molar-refractivity contribution in [2.24, 2.45) is 0 Å². The van der Waals surface area contributed by atoms with Gasteiger partial charge in [-0.2, -0.15) is 0 Å². The molecule has 1 amide bonds. The summed E-state index contributed by atoms with van der Waals surface area (Å²) >= 11 is 0. The number of nitrogens with two attached hydrogens (primary N) is 1. The largest absolute Gasteiger partial charge is 0.381 e. The first kappa shape index (κ1) is 11.6. The molecule has 1 aromatic heterocycles. The monoisotopic (exact) mass is 242 g/mol. The second-order valence-electron chi connectivity index (χ2n) is 3.79. The lowest BCUT2D eigenvalue weighted by atomic mass is 10.3. The summed E-state index contributed by atoms with van der Waals surface area (Å²) in [5.41, 5.74) is 5.29. The number of amides is 1. The summed E-state index contributed by atoms with van der Waals surface area (Å²) in [7, 11) is 0. The second-order valence-corrected chi connectivity index (χ2v) is 3.79. The van der Waals surface area contributed by atoms with E-state index in [1.165, 1.54) is 4.90 Å². The molecule has 1 aliphatic rings. The fourth-order valence-electron chi connectivity index (χ4n) is 1.68. The molecule has 1 fully saturated rings. The van der Waals surface area contributed by atoms with E-state index in [9.17, 15) is 13.6 Å². The number of nitrogens with zero attached hydrogens (tertiary/aromatic N) is 2. The second kappa shape index (κ2) is 4.52. The van der Waals surface area contributed by atoms with Gasteiger partial charge in [-0.15, -0.1) is 0 Å². The zero-order valence-corrected chi connectivity index (χ0v) is 9.04. The van der Waals surface area contributed by atoms with Crippen LogP contribution < -0.4 is 16.0 Å². The summed E-state index contributed by atoms with van der Waals surface area (Å²) in [5, 5.41) is 2.65. The Morgan fingerprint density at radius 2 is 2.18 bits per heavy atom. The molecule has 1 saturated heterocycles. The van der Waals surface area contributed by atoms with Crippen LogP contribution in [0.15, 0.2) is 6.07 Å². The van der Waals surface area contributed by atoms with Gasteiger partial charge in [-0.05, 0) is 6.42 Å². The molecule has 0 aromatic carbocycles. The lowest BCUT2D eigenvalue weighted by Crippen LogP contribution is -2.34. The van der Waals surface area contributed by atoms with Crippen LogP contribution in [0.4, 0.5) is 20.4 Å². The maximum absolute atomic E-state index is 13.5. The lowest BCUT2D eigenvalue weighted by Gasteiger charge is -2.20. The molecule has 2 heterocycles. The number of pyridine rings is 1. The highest BCUT2D eigenvalue weighted by Crippen LogP contribution is 2.21. The number of nitrogens with one attached hydrogen (secondary N) is 1. The van der Waals surface area contributed by atoms with Crippen LogP contribution in [0.25, 0.3) is 0 Å². The third-order valence-corrected chi connectivity index (χ3v) is 2.50. The number of aromatic nitrogens is 1. The topological polar surface area (TPSA) is 71.2 Å². The minimum Gasteiger partial charge on any atom is -0.381 e. The molecule has 92 valence electrons. The molecule has 0 radical (unpaired) electrons. The zero-order chi connectivity index (χ0) is 12.4. The molecule has 7 heteroatoms. The maximum atomic E-state index is 13.5. The molecule has 17 heavy (non-hydrogen) atoms. The summed E-state index contributed by atoms with van der Waals surface area (Å²) in [6, 6.07) is 0.681. The van der Waals surface area contributed by atoms with Crippen LogP contribution in [0.3, 0.4) is 0 Å². The van der Waals surface area contributed by atoms with Gasteiger partial charge in [-0.1, -0.05) is 0 Å². The fourth-order valence-corrected chi connectivity index (χ4v) is 1.68. The SMILES string of the molecule is Nc1nc(N2CCCNC(=O)C2)c(F)cc1F. The van der Waals surface area contributed by atoms with Crippen molar-refractivity contribution in [1.82, 2.24) is 10.3 Å². The molecule has 5 nitrogen and oxygen atoms in total. The van der Waals surface area contributed by atoms with Gasteiger partial charge in [0.1, 0.15) is 0 Å². The van der Waals surface area contributed by atoms with Crippen LogP contribution in [0.5, 0.6) is 0 Å². The Balaban J connectivity index is 2.32. The minimum atomic E-state index is -0.898. The van der Waals surface area contributed by atoms with E-state index in [0.29, 0.717) is 25.6 Å². The van der Waals surface area contributed by atoms with Crippen molar-refractivity contribution in [2.45, 2.75) is 6.42 Å². The predicted octanol–water partition coefficient (Wildman–Crippen LogP) is 0.268. The van der Waals surface area contributed by atoms with Gasteiger partial charge in [0.05, 0.1) is 6.54 Å². The Hall–Kier alpha value is -1.92. The number of carbonyl (C=O) groups excluding carboxylic acids is 1. The van der Waals surface area contributed by atoms with Crippen LogP contribution in [0.1, 0.15) is 6.42 Å². The van der Waals surface area contributed by atoms with Crippen molar-refractivity contribution in [1.29, 1.82) is 0 Å². The average Bonchev–Trinajstić information content (AvgIpc) is 2.48. The third-order valence-electron chi connectivity index (χ3n) is 2.50. The summed E-state index contributed by atoms with van der Waals surface area (Å²) in [5.74, 6) is -2.38. The van der Waals surface area contributed by atoms with Crippen LogP contribution in [0, 0.1) is 11.6 Å². The number of rotatable bonds is 1. The van der Waals surface area contributed by atoms with E-state index >= 15 is 0 Å². The number of carbonyl (C=O) groups is 1. The Bertz CT molecular complexity index is 452. The van der Waals surface area contributed by atoms with Crippen LogP contribution >= 0.6 is 0 Å². The summed E-state index contributed by atoms with van der Waals surface area (Å²) in [6.07, 6.45) is 0.671. The van der Waals surface area contributed by atoms with Crippen molar-refractivity contribution < 1.29 is 13.6 Å². The van der Waals surface area contributed by atoms with Crippen molar-refractivity contribution in [2.75, 3.05) is 30.3 Å². The first-order chi connectivity index (χ1) is 8.08. The highest BCUT2D eigenvalue weighted by molar-refractivity contribution is 5.81. The molecule has 3 N–H and O–H groups in total. The number of anilines is 2. The Labute approximate surface area is 96.6 Å². The smallest absolute Gasteiger partial charge is 0.239 e. The minimum absolute atomic E-state index is 0.00497. The van der Waals surface area contributed by atoms with E-state index in [1.807, 2.05) is 0 Å². The Morgan fingerprint density at radius 3 is 2.94 bits per heavy atom. The molecule has 0 saturated carbocycles. The van der Waals surface area contributed by atoms with E-state index in [1.54, 1.807) is 0 Å². The van der Waals surface area contributed by atoms with Crippen LogP contribution in [-0.4, -0.2) is 30.5 Å². The Kier molecular flexibility index (Phi) is 3.08. The highest BCUT2D eigenvalue weighted by Gasteiger charge is 2.20. The molecule has 1 aliphatic heterocycles. The highest BCUT2D eigenvalue weighted by atomic mass is 19.1. The van der Waals surface area contributed by atoms with Gasteiger partial charge in [0.2, 0.25) is 5.91 Å². The third kappa shape index (κ3) is 2.43. The van der Waals surface area contributed by atoms with Gasteiger partial charge in [-0.3, -0.25) is 4.79 Å². The van der Waals surface area contributed by atoms with Crippen molar-refractivity contribution in [3.05, 3.63) is 17.7 Å².